The molecule has 5 saturated carbocycles. The van der Waals surface area contributed by atoms with E-state index in [1.807, 2.05) is 0 Å². The molecule has 2 bridgehead atoms. The van der Waals surface area contributed by atoms with Crippen LogP contribution in [-0.4, -0.2) is 76.8 Å². The van der Waals surface area contributed by atoms with Crippen molar-refractivity contribution in [2.75, 3.05) is 13.2 Å². The van der Waals surface area contributed by atoms with Gasteiger partial charge in [-0.15, -0.1) is 0 Å². The summed E-state index contributed by atoms with van der Waals surface area (Å²) in [6.07, 6.45) is 11.4. The summed E-state index contributed by atoms with van der Waals surface area (Å²) in [6, 6.07) is 0. The zero-order chi connectivity index (χ0) is 34.5. The minimum Gasteiger partial charge on any atom is -0.481 e. The van der Waals surface area contributed by atoms with Gasteiger partial charge in [0.15, 0.2) is 18.4 Å². The molecule has 0 amide bonds. The molecule has 3 N–H and O–H groups in total. The van der Waals surface area contributed by atoms with Crippen LogP contribution in [0.1, 0.15) is 125 Å². The van der Waals surface area contributed by atoms with Crippen molar-refractivity contribution in [2.45, 2.75) is 167 Å². The highest BCUT2D eigenvalue weighted by molar-refractivity contribution is 5.66. The predicted molar refractivity (Wildman–Crippen MR) is 181 cm³/mol. The molecule has 9 heteroatoms. The van der Waals surface area contributed by atoms with Gasteiger partial charge in [-0.25, -0.2) is 0 Å². The SMILES string of the molecule is C[C@H]1C(OCCO[C@@H]2CC[C@@]3(C)C(C2)C[C@@H](O)C2C3C[C@H](O)[C@@]3(C)C2CC[C@@H]3CCCC(=O)O)OC2O[C@@]3(C)CCC4[C@H](C)CCC1[C@@]24O3. The van der Waals surface area contributed by atoms with Gasteiger partial charge in [-0.1, -0.05) is 27.7 Å². The normalized spacial score (nSPS) is 56.0. The molecule has 3 saturated heterocycles. The Balaban J connectivity index is 0.860. The Morgan fingerprint density at radius 3 is 2.43 bits per heavy atom. The molecule has 8 rings (SSSR count). The maximum Gasteiger partial charge on any atom is 0.303 e. The second-order valence-electron chi connectivity index (χ2n) is 18.8. The standard InChI is InChI=1S/C40H64O9/c1-22-9-11-28-23(2)35(47-36-40(28)27(22)14-16-38(4,48-36)49-40)46-18-17-45-26-13-15-37(3)25(19-26)20-31(41)34-29-12-10-24(7-6-8-33(43)44)39(29,5)32(42)21-30(34)37/h22-32,34-36,41-42H,6-21H2,1-5H3,(H,43,44)/t22-,23-,24+,25?,26-,27?,28?,29?,30?,31-,32+,34?,35?,36?,37+,38-,39-,40-/m1/s1. The van der Waals surface area contributed by atoms with Crippen molar-refractivity contribution in [3.63, 3.8) is 0 Å². The van der Waals surface area contributed by atoms with Crippen LogP contribution in [-0.2, 0) is 28.5 Å². The summed E-state index contributed by atoms with van der Waals surface area (Å²) in [4.78, 5) is 11.2. The van der Waals surface area contributed by atoms with Crippen molar-refractivity contribution in [1.82, 2.24) is 0 Å². The number of ether oxygens (including phenoxy) is 5. The number of aliphatic hydroxyl groups is 2. The van der Waals surface area contributed by atoms with Crippen molar-refractivity contribution in [1.29, 1.82) is 0 Å². The van der Waals surface area contributed by atoms with Crippen molar-refractivity contribution in [3.8, 4) is 0 Å². The van der Waals surface area contributed by atoms with Crippen LogP contribution in [0.25, 0.3) is 0 Å². The number of aliphatic carboxylic acids is 1. The van der Waals surface area contributed by atoms with E-state index in [0.29, 0.717) is 61.1 Å². The highest BCUT2D eigenvalue weighted by atomic mass is 16.9. The third-order valence-corrected chi connectivity index (χ3v) is 16.7. The minimum atomic E-state index is -0.744. The molecule has 5 aliphatic carbocycles. The molecule has 1 spiro atoms. The molecule has 18 atom stereocenters. The van der Waals surface area contributed by atoms with Gasteiger partial charge in [0.25, 0.3) is 0 Å². The van der Waals surface area contributed by atoms with Crippen LogP contribution in [0.3, 0.4) is 0 Å². The van der Waals surface area contributed by atoms with E-state index in [1.54, 1.807) is 0 Å². The van der Waals surface area contributed by atoms with Crippen molar-refractivity contribution in [3.05, 3.63) is 0 Å². The number of hydrogen-bond donors (Lipinski definition) is 3. The Bertz CT molecular complexity index is 1250. The highest BCUT2D eigenvalue weighted by Gasteiger charge is 2.72. The predicted octanol–water partition coefficient (Wildman–Crippen LogP) is 6.52. The lowest BCUT2D eigenvalue weighted by atomic mass is 9.43. The fraction of sp³-hybridized carbons (Fsp3) is 0.975. The van der Waals surface area contributed by atoms with Crippen molar-refractivity contribution in [2.24, 2.45) is 64.1 Å². The Morgan fingerprint density at radius 1 is 0.857 bits per heavy atom. The van der Waals surface area contributed by atoms with E-state index in [-0.39, 0.29) is 59.5 Å². The zero-order valence-corrected chi connectivity index (χ0v) is 30.7. The Kier molecular flexibility index (Phi) is 9.10. The van der Waals surface area contributed by atoms with Crippen LogP contribution in [0.4, 0.5) is 0 Å². The Hall–Kier alpha value is -0.810. The summed E-state index contributed by atoms with van der Waals surface area (Å²) in [5.41, 5.74) is -0.513. The number of hydrogen-bond acceptors (Lipinski definition) is 8. The van der Waals surface area contributed by atoms with E-state index in [4.69, 9.17) is 23.7 Å². The molecule has 9 nitrogen and oxygen atoms in total. The first kappa shape index (κ1) is 35.2. The number of aliphatic hydroxyl groups excluding tert-OH is 2. The second-order valence-corrected chi connectivity index (χ2v) is 18.8. The van der Waals surface area contributed by atoms with Gasteiger partial charge >= 0.3 is 5.97 Å². The van der Waals surface area contributed by atoms with E-state index in [1.165, 1.54) is 6.42 Å². The fourth-order valence-electron chi connectivity index (χ4n) is 14.1. The van der Waals surface area contributed by atoms with Gasteiger partial charge in [0.2, 0.25) is 0 Å². The van der Waals surface area contributed by atoms with Gasteiger partial charge < -0.3 is 39.0 Å². The minimum absolute atomic E-state index is 0.0821. The van der Waals surface area contributed by atoms with Gasteiger partial charge in [-0.2, -0.15) is 0 Å². The summed E-state index contributed by atoms with van der Waals surface area (Å²) in [7, 11) is 0. The second kappa shape index (κ2) is 12.7. The maximum absolute atomic E-state index is 11.8. The molecule has 8 unspecified atom stereocenters. The molecule has 8 fully saturated rings. The lowest BCUT2D eigenvalue weighted by molar-refractivity contribution is -0.338. The van der Waals surface area contributed by atoms with Gasteiger partial charge in [-0.05, 0) is 136 Å². The molecule has 49 heavy (non-hydrogen) atoms. The Labute approximate surface area is 293 Å². The number of rotatable bonds is 9. The van der Waals surface area contributed by atoms with Crippen LogP contribution >= 0.6 is 0 Å². The van der Waals surface area contributed by atoms with E-state index < -0.39 is 17.9 Å². The summed E-state index contributed by atoms with van der Waals surface area (Å²) >= 11 is 0. The largest absolute Gasteiger partial charge is 0.481 e. The lowest BCUT2D eigenvalue weighted by Crippen LogP contribution is -2.66. The summed E-state index contributed by atoms with van der Waals surface area (Å²) in [6.45, 7) is 12.4. The summed E-state index contributed by atoms with van der Waals surface area (Å²) in [5.74, 6) is 1.85. The van der Waals surface area contributed by atoms with Gasteiger partial charge in [0.1, 0.15) is 5.60 Å². The van der Waals surface area contributed by atoms with Crippen LogP contribution in [0, 0.1) is 64.1 Å². The van der Waals surface area contributed by atoms with Crippen LogP contribution in [0.5, 0.6) is 0 Å². The number of carbonyl (C=O) groups is 1. The maximum atomic E-state index is 11.8. The van der Waals surface area contributed by atoms with Crippen LogP contribution in [0.15, 0.2) is 0 Å². The topological polar surface area (TPSA) is 124 Å². The molecule has 3 aliphatic heterocycles. The highest BCUT2D eigenvalue weighted by Crippen LogP contribution is 2.68. The molecule has 0 aromatic carbocycles. The number of carboxylic acid groups (broad SMARTS) is 1. The van der Waals surface area contributed by atoms with Crippen molar-refractivity contribution < 1.29 is 43.8 Å². The van der Waals surface area contributed by atoms with E-state index in [0.717, 1.165) is 70.6 Å². The monoisotopic (exact) mass is 688 g/mol. The van der Waals surface area contributed by atoms with Crippen LogP contribution < -0.4 is 0 Å². The van der Waals surface area contributed by atoms with E-state index in [2.05, 4.69) is 34.6 Å². The first-order chi connectivity index (χ1) is 23.3. The fourth-order valence-corrected chi connectivity index (χ4v) is 14.1. The molecule has 0 aromatic heterocycles. The first-order valence-corrected chi connectivity index (χ1v) is 20.1. The molecular formula is C40H64O9. The number of fused-ring (bicyclic) bond motifs is 6. The summed E-state index contributed by atoms with van der Waals surface area (Å²) < 4.78 is 32.8. The van der Waals surface area contributed by atoms with Gasteiger partial charge in [-0.3, -0.25) is 4.79 Å². The van der Waals surface area contributed by atoms with Crippen LogP contribution in [0.2, 0.25) is 0 Å². The van der Waals surface area contributed by atoms with Gasteiger partial charge in [0.05, 0.1) is 31.5 Å². The smallest absolute Gasteiger partial charge is 0.303 e. The number of carboxylic acids is 1. The molecule has 8 aliphatic rings. The first-order valence-electron chi connectivity index (χ1n) is 20.1. The zero-order valence-electron chi connectivity index (χ0n) is 30.7. The average molecular weight is 689 g/mol. The molecule has 278 valence electrons. The molecular weight excluding hydrogens is 624 g/mol. The van der Waals surface area contributed by atoms with Gasteiger partial charge in [0, 0.05) is 24.7 Å². The Morgan fingerprint density at radius 2 is 1.63 bits per heavy atom. The molecule has 0 radical (unpaired) electrons. The average Bonchev–Trinajstić information content (AvgIpc) is 3.50. The third-order valence-electron chi connectivity index (χ3n) is 16.7. The van der Waals surface area contributed by atoms with E-state index in [9.17, 15) is 20.1 Å². The third kappa shape index (κ3) is 5.43. The molecule has 3 heterocycles. The molecule has 0 aromatic rings. The summed E-state index contributed by atoms with van der Waals surface area (Å²) in [5, 5.41) is 32.7. The lowest BCUT2D eigenvalue weighted by Gasteiger charge is -2.63. The van der Waals surface area contributed by atoms with E-state index >= 15 is 0 Å². The van der Waals surface area contributed by atoms with Crippen molar-refractivity contribution >= 4 is 5.97 Å². The quantitative estimate of drug-likeness (QED) is 0.232.